The van der Waals surface area contributed by atoms with Crippen LogP contribution in [-0.4, -0.2) is 194 Å². The van der Waals surface area contributed by atoms with E-state index in [9.17, 15) is 64.2 Å². The predicted octanol–water partition coefficient (Wildman–Crippen LogP) is -12.1. The van der Waals surface area contributed by atoms with Crippen molar-refractivity contribution < 1.29 is 79.5 Å². The first-order valence-corrected chi connectivity index (χ1v) is 9.59. The fourth-order valence-corrected chi connectivity index (χ4v) is 2.00. The molecule has 0 saturated carbocycles. The zero-order valence-electron chi connectivity index (χ0n) is 20.7. The third-order valence-corrected chi connectivity index (χ3v) is 3.79. The first-order chi connectivity index (χ1) is 16.2. The minimum Gasteiger partial charge on any atom is -0.550 e. The molecule has 0 aliphatic carbocycles. The number of rotatable bonds is 15. The monoisotopic (exact) mass is 644 g/mol. The Kier molecular flexibility index (Phi) is 35.5. The number of carboxylic acid groups (broad SMARTS) is 7. The molecule has 0 spiro atoms. The number of carboxylic acids is 7. The third kappa shape index (κ3) is 29.2. The Balaban J connectivity index is -0.000000102. The quantitative estimate of drug-likeness (QED) is 0.0815. The van der Waals surface area contributed by atoms with Gasteiger partial charge in [-0.1, -0.05) is 6.42 Å². The minimum atomic E-state index is -2.97. The third-order valence-electron chi connectivity index (χ3n) is 3.79. The van der Waals surface area contributed by atoms with Crippen molar-refractivity contribution >= 4 is 155 Å². The van der Waals surface area contributed by atoms with Crippen LogP contribution >= 0.6 is 0 Å². The van der Waals surface area contributed by atoms with Gasteiger partial charge in [0.25, 0.3) is 0 Å². The number of hydrogen-bond acceptors (Lipinski definition) is 17. The molecule has 0 aromatic rings. The number of nitrogens with two attached hydrogens (primary N) is 2. The van der Waals surface area contributed by atoms with Crippen LogP contribution in [0.2, 0.25) is 0 Å². The molecule has 208 valence electrons. The topological polar surface area (TPSA) is 371 Å². The zero-order valence-corrected chi connectivity index (χ0v) is 27.3. The van der Waals surface area contributed by atoms with E-state index < -0.39 is 84.7 Å². The zero-order chi connectivity index (χ0) is 29.3. The maximum atomic E-state index is 10.1. The molecule has 18 nitrogen and oxygen atoms in total. The van der Waals surface area contributed by atoms with Crippen LogP contribution in [-0.2, 0) is 33.6 Å². The first-order valence-electron chi connectivity index (χ1n) is 9.59. The van der Waals surface area contributed by atoms with Crippen molar-refractivity contribution in [1.29, 1.82) is 0 Å². The number of hydrogen-bond donors (Lipinski definition) is 5. The van der Waals surface area contributed by atoms with Gasteiger partial charge < -0.3 is 86.2 Å². The standard InChI is InChI=1S/C6H14N2O2.2C6H8O7.3Ca/c7-4-2-1-3-5(8)6(9)10;2*7-3(8)1-6(13,5(11)12)2-4(9)10;;;/h5H,1-4,7-8H2,(H,9,10);2*13H,1-2H2,(H,7,8)(H,9,10)(H,11,12);;;/q;;;3*+2/p-6/t5-;;;;;/m0...../s1. The van der Waals surface area contributed by atoms with Crippen LogP contribution in [0.5, 0.6) is 0 Å². The van der Waals surface area contributed by atoms with Gasteiger partial charge in [0.05, 0.1) is 11.9 Å². The fraction of sp³-hybridized carbons (Fsp3) is 0.611. The van der Waals surface area contributed by atoms with E-state index in [4.69, 9.17) is 26.8 Å². The molecule has 7 N–H and O–H groups in total. The van der Waals surface area contributed by atoms with Gasteiger partial charge in [-0.15, -0.1) is 0 Å². The van der Waals surface area contributed by atoms with Crippen molar-refractivity contribution in [3.63, 3.8) is 0 Å². The summed E-state index contributed by atoms with van der Waals surface area (Å²) in [5.74, 6) is -12.9. The molecule has 0 saturated heterocycles. The van der Waals surface area contributed by atoms with Gasteiger partial charge in [0.15, 0.2) is 0 Å². The summed E-state index contributed by atoms with van der Waals surface area (Å²) >= 11 is 0. The molecule has 0 rings (SSSR count). The Hall–Kier alpha value is -0.0908. The second-order valence-electron chi connectivity index (χ2n) is 7.06. The molecule has 21 heteroatoms. The molecule has 0 aromatic carbocycles. The van der Waals surface area contributed by atoms with Crippen LogP contribution in [0.25, 0.3) is 0 Å². The van der Waals surface area contributed by atoms with Crippen molar-refractivity contribution in [2.24, 2.45) is 11.5 Å². The van der Waals surface area contributed by atoms with Gasteiger partial charge in [-0.2, -0.15) is 0 Å². The molecule has 0 aliphatic rings. The van der Waals surface area contributed by atoms with E-state index in [0.717, 1.165) is 12.8 Å². The fourth-order valence-electron chi connectivity index (χ4n) is 2.00. The van der Waals surface area contributed by atoms with Gasteiger partial charge in [0, 0.05) is 49.6 Å². The van der Waals surface area contributed by atoms with E-state index >= 15 is 0 Å². The van der Waals surface area contributed by atoms with E-state index in [1.54, 1.807) is 0 Å². The molecule has 1 atom stereocenters. The molecule has 0 amide bonds. The number of unbranched alkanes of at least 4 members (excludes halogenated alkanes) is 1. The summed E-state index contributed by atoms with van der Waals surface area (Å²) in [6, 6.07) is -0.716. The van der Waals surface area contributed by atoms with Gasteiger partial charge in [0.1, 0.15) is 17.2 Å². The van der Waals surface area contributed by atoms with E-state index in [-0.39, 0.29) is 113 Å². The summed E-state index contributed by atoms with van der Waals surface area (Å²) in [5.41, 5.74) is 4.47. The number of carbonyl (C=O) groups is 7. The Morgan fingerprint density at radius 3 is 1.03 bits per heavy atom. The van der Waals surface area contributed by atoms with Crippen LogP contribution < -0.4 is 42.1 Å². The minimum absolute atomic E-state index is 0. The van der Waals surface area contributed by atoms with E-state index in [2.05, 4.69) is 0 Å². The normalized spacial score (nSPS) is 10.6. The molecule has 0 fully saturated rings. The first kappa shape index (κ1) is 51.6. The average Bonchev–Trinajstić information content (AvgIpc) is 2.66. The van der Waals surface area contributed by atoms with Crippen LogP contribution in [0.1, 0.15) is 44.9 Å². The SMILES string of the molecule is NCCCC[C@H](N)C(=O)O.O=C([O-])CC(O)(CC(=O)[O-])C(=O)[O-].O=C([O-])CC(O)(CC(=O)[O-])C(=O)[O-].[Ca+2].[Ca+2].[Ca+2]. The summed E-state index contributed by atoms with van der Waals surface area (Å²) < 4.78 is 0. The number of aliphatic carboxylic acids is 7. The Labute approximate surface area is 310 Å². The van der Waals surface area contributed by atoms with Gasteiger partial charge >= 0.3 is 119 Å². The van der Waals surface area contributed by atoms with Gasteiger partial charge in [-0.25, -0.2) is 0 Å². The molecule has 0 aliphatic heterocycles. The Morgan fingerprint density at radius 1 is 0.615 bits per heavy atom. The van der Waals surface area contributed by atoms with Crippen molar-refractivity contribution in [3.8, 4) is 0 Å². The van der Waals surface area contributed by atoms with Crippen molar-refractivity contribution in [3.05, 3.63) is 0 Å². The van der Waals surface area contributed by atoms with Crippen molar-refractivity contribution in [2.45, 2.75) is 62.2 Å². The molecule has 0 aromatic heterocycles. The average molecular weight is 645 g/mol. The van der Waals surface area contributed by atoms with Crippen LogP contribution in [0.3, 0.4) is 0 Å². The summed E-state index contributed by atoms with van der Waals surface area (Å²) in [5, 5.41) is 86.2. The Morgan fingerprint density at radius 2 is 0.872 bits per heavy atom. The van der Waals surface area contributed by atoms with Gasteiger partial charge in [-0.3, -0.25) is 4.79 Å². The summed E-state index contributed by atoms with van der Waals surface area (Å²) in [6.45, 7) is 0.604. The molecule has 0 bridgehead atoms. The van der Waals surface area contributed by atoms with E-state index in [1.807, 2.05) is 0 Å². The number of carbonyl (C=O) groups excluding carboxylic acids is 6. The predicted molar refractivity (Wildman–Crippen MR) is 114 cm³/mol. The molecule has 0 heterocycles. The molecular formula is C18H24Ca3N2O16. The van der Waals surface area contributed by atoms with Crippen molar-refractivity contribution in [1.82, 2.24) is 0 Å². The second kappa shape index (κ2) is 26.8. The molecule has 39 heavy (non-hydrogen) atoms. The summed E-state index contributed by atoms with van der Waals surface area (Å²) in [7, 11) is 0. The van der Waals surface area contributed by atoms with Crippen LogP contribution in [0.15, 0.2) is 0 Å². The molecular weight excluding hydrogens is 620 g/mol. The van der Waals surface area contributed by atoms with Gasteiger partial charge in [-0.05, 0) is 19.4 Å². The molecule has 0 radical (unpaired) electrons. The smallest absolute Gasteiger partial charge is 0.550 e. The second-order valence-corrected chi connectivity index (χ2v) is 7.06. The maximum Gasteiger partial charge on any atom is 2.00 e. The summed E-state index contributed by atoms with van der Waals surface area (Å²) in [6.07, 6.45) is -3.27. The van der Waals surface area contributed by atoms with Crippen LogP contribution in [0.4, 0.5) is 0 Å². The maximum absolute atomic E-state index is 10.1. The van der Waals surface area contributed by atoms with E-state index in [0.29, 0.717) is 13.0 Å². The largest absolute Gasteiger partial charge is 2.00 e. The number of aliphatic hydroxyl groups is 2. The molecule has 0 unspecified atom stereocenters. The van der Waals surface area contributed by atoms with Crippen LogP contribution in [0, 0.1) is 0 Å². The summed E-state index contributed by atoms with van der Waals surface area (Å²) in [4.78, 5) is 70.1. The van der Waals surface area contributed by atoms with Crippen molar-refractivity contribution in [2.75, 3.05) is 6.54 Å². The van der Waals surface area contributed by atoms with Gasteiger partial charge in [0.2, 0.25) is 0 Å². The Bertz CT molecular complexity index is 727. The van der Waals surface area contributed by atoms with E-state index in [1.165, 1.54) is 0 Å².